The van der Waals surface area contributed by atoms with Gasteiger partial charge in [-0.1, -0.05) is 19.9 Å². The molecule has 0 amide bonds. The zero-order chi connectivity index (χ0) is 8.69. The maximum atomic E-state index is 10.5. The first-order valence-electron chi connectivity index (χ1n) is 3.86. The molecular formula is C9H16OS. The van der Waals surface area contributed by atoms with E-state index < -0.39 is 0 Å². The van der Waals surface area contributed by atoms with Crippen LogP contribution in [0.15, 0.2) is 11.6 Å². The van der Waals surface area contributed by atoms with Crippen LogP contribution in [0.4, 0.5) is 0 Å². The first kappa shape index (κ1) is 10.8. The highest BCUT2D eigenvalue weighted by Crippen LogP contribution is 2.08. The fourth-order valence-corrected chi connectivity index (χ4v) is 1.12. The van der Waals surface area contributed by atoms with Crippen molar-refractivity contribution < 1.29 is 4.79 Å². The number of rotatable bonds is 5. The standard InChI is InChI=1S/C9H16OS/c1-8(2)9(7-10)5-4-6-11-3/h5,7-8H,4,6H2,1-3H3/b9-5-. The molecule has 64 valence electrons. The first-order valence-corrected chi connectivity index (χ1v) is 5.26. The van der Waals surface area contributed by atoms with Crippen molar-refractivity contribution in [2.75, 3.05) is 12.0 Å². The summed E-state index contributed by atoms with van der Waals surface area (Å²) in [7, 11) is 0. The van der Waals surface area contributed by atoms with Crippen LogP contribution in [0.2, 0.25) is 0 Å². The molecule has 0 unspecified atom stereocenters. The van der Waals surface area contributed by atoms with E-state index in [9.17, 15) is 4.79 Å². The van der Waals surface area contributed by atoms with Crippen molar-refractivity contribution in [1.29, 1.82) is 0 Å². The summed E-state index contributed by atoms with van der Waals surface area (Å²) in [6, 6.07) is 0. The molecule has 0 bridgehead atoms. The molecule has 0 saturated carbocycles. The Morgan fingerprint density at radius 1 is 1.55 bits per heavy atom. The molecule has 0 aromatic rings. The number of thioether (sulfide) groups is 1. The number of allylic oxidation sites excluding steroid dienone is 2. The molecule has 0 fully saturated rings. The maximum absolute atomic E-state index is 10.5. The van der Waals surface area contributed by atoms with Gasteiger partial charge in [-0.3, -0.25) is 4.79 Å². The average molecular weight is 172 g/mol. The number of aldehydes is 1. The summed E-state index contributed by atoms with van der Waals surface area (Å²) in [5, 5.41) is 0. The Bertz CT molecular complexity index is 138. The molecule has 0 radical (unpaired) electrons. The summed E-state index contributed by atoms with van der Waals surface area (Å²) in [5.41, 5.74) is 0.930. The van der Waals surface area contributed by atoms with E-state index in [0.717, 1.165) is 24.0 Å². The lowest BCUT2D eigenvalue weighted by molar-refractivity contribution is -0.105. The van der Waals surface area contributed by atoms with Gasteiger partial charge in [-0.05, 0) is 29.9 Å². The summed E-state index contributed by atoms with van der Waals surface area (Å²) in [5.74, 6) is 1.47. The second kappa shape index (κ2) is 6.47. The highest BCUT2D eigenvalue weighted by atomic mass is 32.2. The molecule has 0 aliphatic heterocycles. The molecule has 0 rings (SSSR count). The Labute approximate surface area is 73.3 Å². The summed E-state index contributed by atoms with van der Waals surface area (Å²) in [6.45, 7) is 4.08. The van der Waals surface area contributed by atoms with E-state index in [4.69, 9.17) is 0 Å². The smallest absolute Gasteiger partial charge is 0.145 e. The van der Waals surface area contributed by atoms with E-state index in [2.05, 4.69) is 6.26 Å². The Hall–Kier alpha value is -0.240. The molecule has 0 aliphatic rings. The molecule has 0 aliphatic carbocycles. The molecule has 0 atom stereocenters. The third-order valence-electron chi connectivity index (χ3n) is 1.50. The maximum Gasteiger partial charge on any atom is 0.145 e. The Balaban J connectivity index is 3.81. The van der Waals surface area contributed by atoms with Gasteiger partial charge in [-0.25, -0.2) is 0 Å². The lowest BCUT2D eigenvalue weighted by Gasteiger charge is -2.02. The minimum Gasteiger partial charge on any atom is -0.298 e. The van der Waals surface area contributed by atoms with Crippen molar-refractivity contribution >= 4 is 18.0 Å². The normalized spacial score (nSPS) is 12.2. The van der Waals surface area contributed by atoms with Crippen LogP contribution < -0.4 is 0 Å². The number of hydrogen-bond donors (Lipinski definition) is 0. The quantitative estimate of drug-likeness (QED) is 0.360. The predicted molar refractivity (Wildman–Crippen MR) is 52.0 cm³/mol. The van der Waals surface area contributed by atoms with E-state index in [1.54, 1.807) is 11.8 Å². The minimum absolute atomic E-state index is 0.370. The van der Waals surface area contributed by atoms with E-state index in [0.29, 0.717) is 5.92 Å². The molecule has 0 heterocycles. The van der Waals surface area contributed by atoms with Gasteiger partial charge < -0.3 is 0 Å². The lowest BCUT2D eigenvalue weighted by Crippen LogP contribution is -1.95. The van der Waals surface area contributed by atoms with E-state index in [1.165, 1.54) is 0 Å². The third-order valence-corrected chi connectivity index (χ3v) is 2.15. The lowest BCUT2D eigenvalue weighted by atomic mass is 10.0. The molecule has 1 nitrogen and oxygen atoms in total. The van der Waals surface area contributed by atoms with Crippen molar-refractivity contribution in [3.63, 3.8) is 0 Å². The topological polar surface area (TPSA) is 17.1 Å². The minimum atomic E-state index is 0.370. The average Bonchev–Trinajstić information content (AvgIpc) is 1.97. The van der Waals surface area contributed by atoms with Crippen molar-refractivity contribution in [3.05, 3.63) is 11.6 Å². The molecular weight excluding hydrogens is 156 g/mol. The predicted octanol–water partition coefficient (Wildman–Crippen LogP) is 2.52. The summed E-state index contributed by atoms with van der Waals surface area (Å²) >= 11 is 1.81. The molecule has 0 aromatic carbocycles. The van der Waals surface area contributed by atoms with Crippen molar-refractivity contribution in [2.24, 2.45) is 5.92 Å². The van der Waals surface area contributed by atoms with Gasteiger partial charge in [0.2, 0.25) is 0 Å². The van der Waals surface area contributed by atoms with E-state index in [-0.39, 0.29) is 0 Å². The van der Waals surface area contributed by atoms with Gasteiger partial charge in [0, 0.05) is 0 Å². The Morgan fingerprint density at radius 2 is 2.18 bits per heavy atom. The highest BCUT2D eigenvalue weighted by molar-refractivity contribution is 7.98. The van der Waals surface area contributed by atoms with Crippen LogP contribution in [0.25, 0.3) is 0 Å². The number of carbonyl (C=O) groups excluding carboxylic acids is 1. The Kier molecular flexibility index (Phi) is 6.33. The van der Waals surface area contributed by atoms with Gasteiger partial charge in [-0.15, -0.1) is 0 Å². The summed E-state index contributed by atoms with van der Waals surface area (Å²) in [6.07, 6.45) is 6.08. The largest absolute Gasteiger partial charge is 0.298 e. The summed E-state index contributed by atoms with van der Waals surface area (Å²) < 4.78 is 0. The second-order valence-electron chi connectivity index (χ2n) is 2.76. The molecule has 0 saturated heterocycles. The third kappa shape index (κ3) is 5.08. The van der Waals surface area contributed by atoms with Gasteiger partial charge in [0.25, 0.3) is 0 Å². The fourth-order valence-electron chi connectivity index (χ4n) is 0.763. The second-order valence-corrected chi connectivity index (χ2v) is 3.74. The van der Waals surface area contributed by atoms with Crippen LogP contribution >= 0.6 is 11.8 Å². The molecule has 0 N–H and O–H groups in total. The molecule has 2 heteroatoms. The van der Waals surface area contributed by atoms with Crippen LogP contribution in [-0.4, -0.2) is 18.3 Å². The molecule has 0 aromatic heterocycles. The van der Waals surface area contributed by atoms with Gasteiger partial charge in [0.15, 0.2) is 0 Å². The van der Waals surface area contributed by atoms with Gasteiger partial charge >= 0.3 is 0 Å². The number of carbonyl (C=O) groups is 1. The van der Waals surface area contributed by atoms with Crippen LogP contribution in [0.1, 0.15) is 20.3 Å². The van der Waals surface area contributed by atoms with Crippen LogP contribution in [0, 0.1) is 5.92 Å². The molecule has 11 heavy (non-hydrogen) atoms. The monoisotopic (exact) mass is 172 g/mol. The van der Waals surface area contributed by atoms with Crippen LogP contribution in [-0.2, 0) is 4.79 Å². The van der Waals surface area contributed by atoms with Crippen molar-refractivity contribution in [1.82, 2.24) is 0 Å². The van der Waals surface area contributed by atoms with Gasteiger partial charge in [-0.2, -0.15) is 11.8 Å². The van der Waals surface area contributed by atoms with E-state index in [1.807, 2.05) is 19.9 Å². The van der Waals surface area contributed by atoms with Crippen molar-refractivity contribution in [3.8, 4) is 0 Å². The zero-order valence-electron chi connectivity index (χ0n) is 7.46. The zero-order valence-corrected chi connectivity index (χ0v) is 8.28. The Morgan fingerprint density at radius 3 is 2.55 bits per heavy atom. The van der Waals surface area contributed by atoms with Crippen LogP contribution in [0.5, 0.6) is 0 Å². The highest BCUT2D eigenvalue weighted by Gasteiger charge is 1.99. The van der Waals surface area contributed by atoms with Gasteiger partial charge in [0.05, 0.1) is 0 Å². The summed E-state index contributed by atoms with van der Waals surface area (Å²) in [4.78, 5) is 10.5. The molecule has 0 spiro atoms. The van der Waals surface area contributed by atoms with Crippen molar-refractivity contribution in [2.45, 2.75) is 20.3 Å². The fraction of sp³-hybridized carbons (Fsp3) is 0.667. The van der Waals surface area contributed by atoms with Gasteiger partial charge in [0.1, 0.15) is 6.29 Å². The number of hydrogen-bond acceptors (Lipinski definition) is 2. The SMILES string of the molecule is CSCC/C=C(/C=O)C(C)C. The van der Waals surface area contributed by atoms with E-state index >= 15 is 0 Å². The first-order chi connectivity index (χ1) is 5.22. The van der Waals surface area contributed by atoms with Crippen LogP contribution in [0.3, 0.4) is 0 Å².